The van der Waals surface area contributed by atoms with E-state index in [0.29, 0.717) is 11.3 Å². The predicted octanol–water partition coefficient (Wildman–Crippen LogP) is 3.37. The third-order valence-corrected chi connectivity index (χ3v) is 3.89. The first kappa shape index (κ1) is 17.5. The Labute approximate surface area is 146 Å². The van der Waals surface area contributed by atoms with E-state index in [1.807, 2.05) is 0 Å². The number of amides is 3. The van der Waals surface area contributed by atoms with Crippen molar-refractivity contribution in [2.75, 3.05) is 5.32 Å². The Bertz CT molecular complexity index is 910. The molecule has 3 amide bonds. The fourth-order valence-corrected chi connectivity index (χ4v) is 2.67. The average molecular weight is 361 g/mol. The predicted molar refractivity (Wildman–Crippen MR) is 88.5 cm³/mol. The van der Waals surface area contributed by atoms with Crippen LogP contribution in [0.25, 0.3) is 0 Å². The molecule has 1 atom stereocenters. The number of nitrogens with one attached hydrogen (secondary N) is 3. The molecular weight excluding hydrogens is 347 g/mol. The van der Waals surface area contributed by atoms with Crippen molar-refractivity contribution >= 4 is 17.6 Å². The molecule has 0 spiro atoms. The van der Waals surface area contributed by atoms with E-state index < -0.39 is 35.4 Å². The maximum atomic E-state index is 13.3. The highest BCUT2D eigenvalue weighted by molar-refractivity contribution is 6.06. The minimum atomic E-state index is -1.10. The first-order chi connectivity index (χ1) is 12.3. The zero-order valence-corrected chi connectivity index (χ0v) is 13.6. The molecule has 8 heteroatoms. The van der Waals surface area contributed by atoms with Gasteiger partial charge in [0.15, 0.2) is 11.6 Å². The van der Waals surface area contributed by atoms with Gasteiger partial charge in [0, 0.05) is 17.5 Å². The lowest BCUT2D eigenvalue weighted by molar-refractivity contribution is -0.113. The molecule has 0 saturated carbocycles. The molecule has 3 N–H and O–H groups in total. The van der Waals surface area contributed by atoms with Crippen molar-refractivity contribution in [2.24, 2.45) is 0 Å². The summed E-state index contributed by atoms with van der Waals surface area (Å²) in [6.45, 7) is 1.54. The second-order valence-corrected chi connectivity index (χ2v) is 5.70. The summed E-state index contributed by atoms with van der Waals surface area (Å²) in [6, 6.07) is 6.94. The van der Waals surface area contributed by atoms with E-state index in [0.717, 1.165) is 12.1 Å². The van der Waals surface area contributed by atoms with Crippen molar-refractivity contribution in [2.45, 2.75) is 13.0 Å². The second kappa shape index (κ2) is 6.91. The lowest BCUT2D eigenvalue weighted by Gasteiger charge is -2.28. The lowest BCUT2D eigenvalue weighted by atomic mass is 9.95. The molecule has 134 valence electrons. The number of anilines is 1. The van der Waals surface area contributed by atoms with Crippen molar-refractivity contribution < 1.29 is 22.8 Å². The van der Waals surface area contributed by atoms with Crippen LogP contribution in [-0.2, 0) is 4.79 Å². The fourth-order valence-electron chi connectivity index (χ4n) is 2.67. The Hall–Kier alpha value is -3.29. The van der Waals surface area contributed by atoms with Gasteiger partial charge in [-0.25, -0.2) is 18.0 Å². The minimum absolute atomic E-state index is 0.0592. The fraction of sp³-hybridized carbons (Fsp3) is 0.111. The van der Waals surface area contributed by atoms with Crippen molar-refractivity contribution in [1.82, 2.24) is 10.6 Å². The summed E-state index contributed by atoms with van der Waals surface area (Å²) in [5.74, 6) is -3.20. The molecule has 1 aliphatic heterocycles. The van der Waals surface area contributed by atoms with Gasteiger partial charge in [-0.2, -0.15) is 0 Å². The Morgan fingerprint density at radius 1 is 1.04 bits per heavy atom. The normalized spacial score (nSPS) is 16.8. The summed E-state index contributed by atoms with van der Waals surface area (Å²) in [6.07, 6.45) is 0. The zero-order chi connectivity index (χ0) is 18.8. The molecule has 0 aliphatic carbocycles. The standard InChI is InChI=1S/C18H14F3N3O2/c1-9-15(17(25)23-12-6-7-13(20)14(21)8-12)16(24-18(26)22-9)10-2-4-11(19)5-3-10/h2-8,16H,1H3,(H,23,25)(H2,22,24,26)/t16-/m0/s1. The number of hydrogen-bond acceptors (Lipinski definition) is 2. The molecule has 5 nitrogen and oxygen atoms in total. The van der Waals surface area contributed by atoms with Gasteiger partial charge >= 0.3 is 6.03 Å². The van der Waals surface area contributed by atoms with Crippen LogP contribution in [0.3, 0.4) is 0 Å². The van der Waals surface area contributed by atoms with E-state index in [1.165, 1.54) is 37.3 Å². The highest BCUT2D eigenvalue weighted by atomic mass is 19.2. The van der Waals surface area contributed by atoms with Gasteiger partial charge in [0.25, 0.3) is 5.91 Å². The van der Waals surface area contributed by atoms with Crippen LogP contribution >= 0.6 is 0 Å². The van der Waals surface area contributed by atoms with Gasteiger partial charge in [0.05, 0.1) is 11.6 Å². The monoisotopic (exact) mass is 361 g/mol. The van der Waals surface area contributed by atoms with E-state index in [1.54, 1.807) is 0 Å². The molecule has 1 heterocycles. The van der Waals surface area contributed by atoms with E-state index in [4.69, 9.17) is 0 Å². The number of rotatable bonds is 3. The van der Waals surface area contributed by atoms with Crippen LogP contribution in [-0.4, -0.2) is 11.9 Å². The maximum Gasteiger partial charge on any atom is 0.319 e. The van der Waals surface area contributed by atoms with Gasteiger partial charge in [0.2, 0.25) is 0 Å². The van der Waals surface area contributed by atoms with E-state index in [-0.39, 0.29) is 11.3 Å². The van der Waals surface area contributed by atoms with Crippen molar-refractivity contribution in [3.8, 4) is 0 Å². The minimum Gasteiger partial charge on any atom is -0.327 e. The summed E-state index contributed by atoms with van der Waals surface area (Å²) in [5.41, 5.74) is 1.02. The summed E-state index contributed by atoms with van der Waals surface area (Å²) >= 11 is 0. The molecule has 2 aromatic rings. The van der Waals surface area contributed by atoms with Crippen molar-refractivity contribution in [1.29, 1.82) is 0 Å². The van der Waals surface area contributed by atoms with E-state index in [9.17, 15) is 22.8 Å². The average Bonchev–Trinajstić information content (AvgIpc) is 2.58. The third-order valence-electron chi connectivity index (χ3n) is 3.89. The molecule has 0 aromatic heterocycles. The highest BCUT2D eigenvalue weighted by Crippen LogP contribution is 2.28. The van der Waals surface area contributed by atoms with Gasteiger partial charge in [-0.05, 0) is 36.8 Å². The van der Waals surface area contributed by atoms with Gasteiger partial charge in [-0.1, -0.05) is 12.1 Å². The number of urea groups is 1. The Morgan fingerprint density at radius 3 is 2.38 bits per heavy atom. The Morgan fingerprint density at radius 2 is 1.73 bits per heavy atom. The van der Waals surface area contributed by atoms with Gasteiger partial charge in [-0.3, -0.25) is 4.79 Å². The second-order valence-electron chi connectivity index (χ2n) is 5.70. The van der Waals surface area contributed by atoms with Crippen LogP contribution in [0.2, 0.25) is 0 Å². The summed E-state index contributed by atoms with van der Waals surface area (Å²) in [5, 5.41) is 7.55. The highest BCUT2D eigenvalue weighted by Gasteiger charge is 2.31. The maximum absolute atomic E-state index is 13.3. The SMILES string of the molecule is CC1=C(C(=O)Nc2ccc(F)c(F)c2)[C@H](c2ccc(F)cc2)NC(=O)N1. The molecule has 0 unspecified atom stereocenters. The van der Waals surface area contributed by atoms with Gasteiger partial charge in [0.1, 0.15) is 5.82 Å². The Balaban J connectivity index is 1.93. The van der Waals surface area contributed by atoms with Gasteiger partial charge in [-0.15, -0.1) is 0 Å². The molecule has 0 saturated heterocycles. The summed E-state index contributed by atoms with van der Waals surface area (Å²) in [7, 11) is 0. The smallest absolute Gasteiger partial charge is 0.319 e. The van der Waals surface area contributed by atoms with Crippen LogP contribution < -0.4 is 16.0 Å². The van der Waals surface area contributed by atoms with Crippen molar-refractivity contribution in [3.05, 3.63) is 76.7 Å². The summed E-state index contributed by atoms with van der Waals surface area (Å²) in [4.78, 5) is 24.5. The number of carbonyl (C=O) groups excluding carboxylic acids is 2. The van der Waals surface area contributed by atoms with Crippen LogP contribution in [0.15, 0.2) is 53.7 Å². The topological polar surface area (TPSA) is 70.2 Å². The van der Waals surface area contributed by atoms with Crippen molar-refractivity contribution in [3.63, 3.8) is 0 Å². The molecule has 3 rings (SSSR count). The molecule has 2 aromatic carbocycles. The number of carbonyl (C=O) groups is 2. The molecule has 26 heavy (non-hydrogen) atoms. The molecule has 1 aliphatic rings. The largest absolute Gasteiger partial charge is 0.327 e. The van der Waals surface area contributed by atoms with Crippen LogP contribution in [0.4, 0.5) is 23.7 Å². The third kappa shape index (κ3) is 3.53. The van der Waals surface area contributed by atoms with Crippen LogP contribution in [0.5, 0.6) is 0 Å². The molecule has 0 fully saturated rings. The molecule has 0 bridgehead atoms. The Kier molecular flexibility index (Phi) is 4.66. The number of allylic oxidation sites excluding steroid dienone is 1. The van der Waals surface area contributed by atoms with E-state index >= 15 is 0 Å². The molecule has 0 radical (unpaired) electrons. The lowest BCUT2D eigenvalue weighted by Crippen LogP contribution is -2.45. The number of hydrogen-bond donors (Lipinski definition) is 3. The summed E-state index contributed by atoms with van der Waals surface area (Å²) < 4.78 is 39.5. The number of halogens is 3. The van der Waals surface area contributed by atoms with E-state index in [2.05, 4.69) is 16.0 Å². The first-order valence-corrected chi connectivity index (χ1v) is 7.65. The number of benzene rings is 2. The molecular formula is C18H14F3N3O2. The van der Waals surface area contributed by atoms with Crippen LogP contribution in [0.1, 0.15) is 18.5 Å². The first-order valence-electron chi connectivity index (χ1n) is 7.65. The quantitative estimate of drug-likeness (QED) is 0.785. The van der Waals surface area contributed by atoms with Crippen LogP contribution in [0, 0.1) is 17.5 Å². The van der Waals surface area contributed by atoms with Gasteiger partial charge < -0.3 is 16.0 Å². The zero-order valence-electron chi connectivity index (χ0n) is 13.6.